The van der Waals surface area contributed by atoms with E-state index in [2.05, 4.69) is 16.0 Å². The molecule has 1 unspecified atom stereocenters. The van der Waals surface area contributed by atoms with Crippen LogP contribution in [0.5, 0.6) is 0 Å². The molecule has 1 fully saturated rings. The molecule has 18 heavy (non-hydrogen) atoms. The molecule has 0 amide bonds. The van der Waals surface area contributed by atoms with Crippen molar-refractivity contribution in [3.8, 4) is 0 Å². The van der Waals surface area contributed by atoms with Gasteiger partial charge >= 0.3 is 0 Å². The van der Waals surface area contributed by atoms with Gasteiger partial charge in [0.05, 0.1) is 16.7 Å². The first-order chi connectivity index (χ1) is 8.58. The Hall–Kier alpha value is -0.870. The Bertz CT molecular complexity index is 431. The van der Waals surface area contributed by atoms with Crippen molar-refractivity contribution in [2.24, 2.45) is 0 Å². The van der Waals surface area contributed by atoms with Gasteiger partial charge in [-0.15, -0.1) is 0 Å². The normalized spacial score (nSPS) is 19.1. The van der Waals surface area contributed by atoms with Gasteiger partial charge in [-0.05, 0) is 51.7 Å². The molecular formula is C14H22N2OS. The molecule has 1 saturated heterocycles. The predicted molar refractivity (Wildman–Crippen MR) is 78.2 cm³/mol. The van der Waals surface area contributed by atoms with Crippen molar-refractivity contribution in [2.45, 2.75) is 46.1 Å². The highest BCUT2D eigenvalue weighted by Gasteiger charge is 2.16. The van der Waals surface area contributed by atoms with Gasteiger partial charge in [-0.1, -0.05) is 11.3 Å². The van der Waals surface area contributed by atoms with Crippen LogP contribution in [0.1, 0.15) is 43.7 Å². The highest BCUT2D eigenvalue weighted by Crippen LogP contribution is 2.30. The molecule has 1 aromatic heterocycles. The van der Waals surface area contributed by atoms with Gasteiger partial charge in [-0.25, -0.2) is 4.98 Å². The van der Waals surface area contributed by atoms with Crippen LogP contribution in [0.4, 0.5) is 5.13 Å². The SMILES string of the molecule is CC(=Cc1sc(N2CCCCC2)nc1C)C(C)O. The summed E-state index contributed by atoms with van der Waals surface area (Å²) in [7, 11) is 0. The maximum Gasteiger partial charge on any atom is 0.186 e. The number of thiazole rings is 1. The third-order valence-electron chi connectivity index (χ3n) is 3.47. The van der Waals surface area contributed by atoms with Crippen LogP contribution in [0, 0.1) is 6.92 Å². The molecule has 3 nitrogen and oxygen atoms in total. The lowest BCUT2D eigenvalue weighted by Crippen LogP contribution is -2.29. The average molecular weight is 266 g/mol. The molecule has 1 aromatic rings. The van der Waals surface area contributed by atoms with E-state index in [0.717, 1.165) is 29.5 Å². The maximum absolute atomic E-state index is 9.53. The number of nitrogens with zero attached hydrogens (tertiary/aromatic N) is 2. The first-order valence-electron chi connectivity index (χ1n) is 6.66. The van der Waals surface area contributed by atoms with Gasteiger partial charge in [0, 0.05) is 13.1 Å². The van der Waals surface area contributed by atoms with Crippen LogP contribution in [0.15, 0.2) is 5.57 Å². The standard InChI is InChI=1S/C14H22N2OS/c1-10(12(3)17)9-13-11(2)15-14(18-13)16-7-5-4-6-8-16/h9,12,17H,4-8H2,1-3H3. The first kappa shape index (κ1) is 13.6. The summed E-state index contributed by atoms with van der Waals surface area (Å²) >= 11 is 1.74. The van der Waals surface area contributed by atoms with Gasteiger partial charge in [-0.2, -0.15) is 0 Å². The van der Waals surface area contributed by atoms with E-state index in [1.807, 2.05) is 13.8 Å². The number of piperidine rings is 1. The number of rotatable bonds is 3. The summed E-state index contributed by atoms with van der Waals surface area (Å²) < 4.78 is 0. The van der Waals surface area contributed by atoms with E-state index in [-0.39, 0.29) is 6.10 Å². The summed E-state index contributed by atoms with van der Waals surface area (Å²) in [6.45, 7) is 8.07. The summed E-state index contributed by atoms with van der Waals surface area (Å²) in [5, 5.41) is 10.7. The van der Waals surface area contributed by atoms with E-state index >= 15 is 0 Å². The van der Waals surface area contributed by atoms with Gasteiger partial charge in [0.1, 0.15) is 0 Å². The van der Waals surface area contributed by atoms with Crippen molar-refractivity contribution in [1.29, 1.82) is 0 Å². The quantitative estimate of drug-likeness (QED) is 0.912. The topological polar surface area (TPSA) is 36.4 Å². The Morgan fingerprint density at radius 3 is 2.67 bits per heavy atom. The van der Waals surface area contributed by atoms with Crippen molar-refractivity contribution in [2.75, 3.05) is 18.0 Å². The van der Waals surface area contributed by atoms with E-state index in [0.29, 0.717) is 0 Å². The van der Waals surface area contributed by atoms with E-state index < -0.39 is 0 Å². The molecule has 2 rings (SSSR count). The van der Waals surface area contributed by atoms with Gasteiger partial charge < -0.3 is 10.0 Å². The van der Waals surface area contributed by atoms with E-state index in [1.165, 1.54) is 24.1 Å². The molecular weight excluding hydrogens is 244 g/mol. The molecule has 0 radical (unpaired) electrons. The molecule has 1 aliphatic heterocycles. The highest BCUT2D eigenvalue weighted by molar-refractivity contribution is 7.16. The second-order valence-corrected chi connectivity index (χ2v) is 6.07. The van der Waals surface area contributed by atoms with Crippen molar-refractivity contribution in [1.82, 2.24) is 4.98 Å². The number of aliphatic hydroxyl groups excluding tert-OH is 1. The number of hydrogen-bond acceptors (Lipinski definition) is 4. The van der Waals surface area contributed by atoms with Gasteiger partial charge in [0.2, 0.25) is 0 Å². The molecule has 0 aromatic carbocycles. The minimum Gasteiger partial charge on any atom is -0.389 e. The molecule has 0 saturated carbocycles. The lowest BCUT2D eigenvalue weighted by Gasteiger charge is -2.25. The number of aryl methyl sites for hydroxylation is 1. The second kappa shape index (κ2) is 5.85. The summed E-state index contributed by atoms with van der Waals surface area (Å²) in [4.78, 5) is 8.23. The van der Waals surface area contributed by atoms with Crippen LogP contribution in [0.2, 0.25) is 0 Å². The van der Waals surface area contributed by atoms with Crippen molar-refractivity contribution >= 4 is 22.5 Å². The van der Waals surface area contributed by atoms with Gasteiger partial charge in [-0.3, -0.25) is 0 Å². The van der Waals surface area contributed by atoms with E-state index in [9.17, 15) is 5.11 Å². The molecule has 1 aliphatic rings. The molecule has 0 aliphatic carbocycles. The van der Waals surface area contributed by atoms with Crippen LogP contribution in [-0.4, -0.2) is 29.3 Å². The van der Waals surface area contributed by atoms with Crippen LogP contribution >= 0.6 is 11.3 Å². The van der Waals surface area contributed by atoms with Crippen molar-refractivity contribution in [3.05, 3.63) is 16.1 Å². The zero-order valence-electron chi connectivity index (χ0n) is 11.4. The van der Waals surface area contributed by atoms with Crippen LogP contribution in [0.25, 0.3) is 6.08 Å². The molecule has 1 N–H and O–H groups in total. The Morgan fingerprint density at radius 1 is 1.39 bits per heavy atom. The van der Waals surface area contributed by atoms with Crippen LogP contribution < -0.4 is 4.90 Å². The fourth-order valence-electron chi connectivity index (χ4n) is 2.08. The fraction of sp³-hybridized carbons (Fsp3) is 0.643. The smallest absolute Gasteiger partial charge is 0.186 e. The van der Waals surface area contributed by atoms with Gasteiger partial charge in [0.25, 0.3) is 0 Å². The minimum absolute atomic E-state index is 0.384. The number of anilines is 1. The van der Waals surface area contributed by atoms with Crippen LogP contribution in [-0.2, 0) is 0 Å². The Morgan fingerprint density at radius 2 is 2.06 bits per heavy atom. The molecule has 100 valence electrons. The zero-order valence-corrected chi connectivity index (χ0v) is 12.3. The molecule has 2 heterocycles. The van der Waals surface area contributed by atoms with Crippen molar-refractivity contribution < 1.29 is 5.11 Å². The molecule has 0 spiro atoms. The Labute approximate surface area is 113 Å². The number of aliphatic hydroxyl groups is 1. The summed E-state index contributed by atoms with van der Waals surface area (Å²) in [5.74, 6) is 0. The minimum atomic E-state index is -0.384. The first-order valence-corrected chi connectivity index (χ1v) is 7.48. The molecule has 1 atom stereocenters. The van der Waals surface area contributed by atoms with Crippen molar-refractivity contribution in [3.63, 3.8) is 0 Å². The third kappa shape index (κ3) is 3.12. The van der Waals surface area contributed by atoms with Crippen LogP contribution in [0.3, 0.4) is 0 Å². The average Bonchev–Trinajstić information content (AvgIpc) is 2.72. The third-order valence-corrected chi connectivity index (χ3v) is 4.63. The number of aromatic nitrogens is 1. The van der Waals surface area contributed by atoms with E-state index in [4.69, 9.17) is 0 Å². The zero-order chi connectivity index (χ0) is 13.1. The lowest BCUT2D eigenvalue weighted by atomic mass is 10.1. The van der Waals surface area contributed by atoms with Gasteiger partial charge in [0.15, 0.2) is 5.13 Å². The Kier molecular flexibility index (Phi) is 4.40. The lowest BCUT2D eigenvalue weighted by molar-refractivity contribution is 0.232. The molecule has 0 bridgehead atoms. The highest BCUT2D eigenvalue weighted by atomic mass is 32.1. The monoisotopic (exact) mass is 266 g/mol. The largest absolute Gasteiger partial charge is 0.389 e. The summed E-state index contributed by atoms with van der Waals surface area (Å²) in [5.41, 5.74) is 2.06. The number of hydrogen-bond donors (Lipinski definition) is 1. The van der Waals surface area contributed by atoms with E-state index in [1.54, 1.807) is 18.3 Å². The summed E-state index contributed by atoms with van der Waals surface area (Å²) in [6, 6.07) is 0. The Balaban J connectivity index is 2.18. The maximum atomic E-state index is 9.53. The fourth-order valence-corrected chi connectivity index (χ4v) is 3.20. The summed E-state index contributed by atoms with van der Waals surface area (Å²) in [6.07, 6.45) is 5.57. The molecule has 4 heteroatoms. The second-order valence-electron chi connectivity index (χ2n) is 5.06. The predicted octanol–water partition coefficient (Wildman–Crippen LogP) is 3.23.